The van der Waals surface area contributed by atoms with Crippen LogP contribution in [0, 0.1) is 0 Å². The first-order valence-corrected chi connectivity index (χ1v) is 6.57. The quantitative estimate of drug-likeness (QED) is 0.751. The molecule has 1 aromatic carbocycles. The third-order valence-electron chi connectivity index (χ3n) is 2.86. The molecule has 4 heteroatoms. The largest absolute Gasteiger partial charge is 0.490 e. The van der Waals surface area contributed by atoms with E-state index in [0.717, 1.165) is 31.0 Å². The Bertz CT molecular complexity index is 351. The molecule has 1 unspecified atom stereocenters. The molecule has 1 aromatic rings. The van der Waals surface area contributed by atoms with Crippen LogP contribution in [-0.2, 0) is 4.74 Å². The molecule has 0 amide bonds. The lowest BCUT2D eigenvalue weighted by molar-refractivity contribution is 0.0449. The Kier molecular flexibility index (Phi) is 5.30. The maximum Gasteiger partial charge on any atom is 0.161 e. The van der Waals surface area contributed by atoms with E-state index < -0.39 is 0 Å². The summed E-state index contributed by atoms with van der Waals surface area (Å²) in [5, 5.41) is 3.27. The molecule has 1 N–H and O–H groups in total. The number of ether oxygens (including phenoxy) is 3. The Morgan fingerprint density at radius 2 is 1.94 bits per heavy atom. The molecule has 1 heterocycles. The van der Waals surface area contributed by atoms with Crippen LogP contribution in [0.1, 0.15) is 13.3 Å². The normalized spacial score (nSPS) is 18.8. The van der Waals surface area contributed by atoms with E-state index in [0.29, 0.717) is 25.9 Å². The monoisotopic (exact) mass is 251 g/mol. The van der Waals surface area contributed by atoms with Gasteiger partial charge in [0.25, 0.3) is 0 Å². The molecule has 4 nitrogen and oxygen atoms in total. The van der Waals surface area contributed by atoms with Gasteiger partial charge in [0.15, 0.2) is 11.5 Å². The summed E-state index contributed by atoms with van der Waals surface area (Å²) in [6.45, 7) is 5.79. The molecular weight excluding hydrogens is 230 g/mol. The smallest absolute Gasteiger partial charge is 0.161 e. The minimum Gasteiger partial charge on any atom is -0.490 e. The predicted molar refractivity (Wildman–Crippen MR) is 70.3 cm³/mol. The van der Waals surface area contributed by atoms with Gasteiger partial charge in [0.05, 0.1) is 19.3 Å². The van der Waals surface area contributed by atoms with Crippen molar-refractivity contribution in [3.63, 3.8) is 0 Å². The Hall–Kier alpha value is -1.26. The lowest BCUT2D eigenvalue weighted by Crippen LogP contribution is -2.19. The number of para-hydroxylation sites is 2. The first-order chi connectivity index (χ1) is 8.90. The highest BCUT2D eigenvalue weighted by atomic mass is 16.5. The molecule has 0 radical (unpaired) electrons. The van der Waals surface area contributed by atoms with Crippen molar-refractivity contribution in [2.24, 2.45) is 0 Å². The van der Waals surface area contributed by atoms with Gasteiger partial charge >= 0.3 is 0 Å². The molecule has 1 aliphatic rings. The van der Waals surface area contributed by atoms with Gasteiger partial charge < -0.3 is 19.5 Å². The number of rotatable bonds is 7. The van der Waals surface area contributed by atoms with E-state index in [1.807, 2.05) is 31.2 Å². The standard InChI is InChI=1S/C14H21NO3/c1-2-16-13-5-3-4-6-14(13)18-10-9-17-12-7-8-15-11-12/h3-6,12,15H,2,7-11H2,1H3. The van der Waals surface area contributed by atoms with Crippen molar-refractivity contribution in [1.82, 2.24) is 5.32 Å². The lowest BCUT2D eigenvalue weighted by Gasteiger charge is -2.13. The lowest BCUT2D eigenvalue weighted by atomic mass is 10.3. The van der Waals surface area contributed by atoms with Crippen LogP contribution >= 0.6 is 0 Å². The zero-order chi connectivity index (χ0) is 12.6. The van der Waals surface area contributed by atoms with Gasteiger partial charge in [-0.3, -0.25) is 0 Å². The third kappa shape index (κ3) is 3.89. The fourth-order valence-electron chi connectivity index (χ4n) is 1.98. The molecular formula is C14H21NO3. The summed E-state index contributed by atoms with van der Waals surface area (Å²) in [6.07, 6.45) is 1.44. The first kappa shape index (κ1) is 13.2. The minimum atomic E-state index is 0.343. The average Bonchev–Trinajstić information content (AvgIpc) is 2.90. The highest BCUT2D eigenvalue weighted by molar-refractivity contribution is 5.39. The molecule has 1 saturated heterocycles. The van der Waals surface area contributed by atoms with Crippen molar-refractivity contribution in [3.8, 4) is 11.5 Å². The van der Waals surface area contributed by atoms with Gasteiger partial charge in [-0.25, -0.2) is 0 Å². The van der Waals surface area contributed by atoms with Crippen molar-refractivity contribution in [3.05, 3.63) is 24.3 Å². The zero-order valence-corrected chi connectivity index (χ0v) is 10.9. The van der Waals surface area contributed by atoms with Crippen molar-refractivity contribution in [2.45, 2.75) is 19.4 Å². The average molecular weight is 251 g/mol. The highest BCUT2D eigenvalue weighted by Gasteiger charge is 2.14. The van der Waals surface area contributed by atoms with Crippen LogP contribution in [0.3, 0.4) is 0 Å². The maximum atomic E-state index is 5.70. The second-order valence-corrected chi connectivity index (χ2v) is 4.21. The molecule has 100 valence electrons. The number of nitrogens with one attached hydrogen (secondary N) is 1. The van der Waals surface area contributed by atoms with Gasteiger partial charge in [0, 0.05) is 6.54 Å². The van der Waals surface area contributed by atoms with E-state index in [1.165, 1.54) is 0 Å². The summed E-state index contributed by atoms with van der Waals surface area (Å²) < 4.78 is 16.9. The van der Waals surface area contributed by atoms with Crippen LogP contribution in [0.15, 0.2) is 24.3 Å². The minimum absolute atomic E-state index is 0.343. The summed E-state index contributed by atoms with van der Waals surface area (Å²) in [4.78, 5) is 0. The van der Waals surface area contributed by atoms with Gasteiger partial charge in [-0.2, -0.15) is 0 Å². The summed E-state index contributed by atoms with van der Waals surface area (Å²) in [7, 11) is 0. The fourth-order valence-corrected chi connectivity index (χ4v) is 1.98. The van der Waals surface area contributed by atoms with E-state index in [2.05, 4.69) is 5.32 Å². The molecule has 0 saturated carbocycles. The Morgan fingerprint density at radius 3 is 2.61 bits per heavy atom. The topological polar surface area (TPSA) is 39.7 Å². The van der Waals surface area contributed by atoms with Gasteiger partial charge in [0.1, 0.15) is 6.61 Å². The second-order valence-electron chi connectivity index (χ2n) is 4.21. The van der Waals surface area contributed by atoms with Crippen LogP contribution < -0.4 is 14.8 Å². The fraction of sp³-hybridized carbons (Fsp3) is 0.571. The predicted octanol–water partition coefficient (Wildman–Crippen LogP) is 1.84. The molecule has 0 bridgehead atoms. The molecule has 1 atom stereocenters. The van der Waals surface area contributed by atoms with Crippen molar-refractivity contribution < 1.29 is 14.2 Å². The molecule has 0 aliphatic carbocycles. The molecule has 2 rings (SSSR count). The second kappa shape index (κ2) is 7.24. The van der Waals surface area contributed by atoms with E-state index >= 15 is 0 Å². The summed E-state index contributed by atoms with van der Waals surface area (Å²) in [5.74, 6) is 1.58. The molecule has 1 aliphatic heterocycles. The Morgan fingerprint density at radius 1 is 1.17 bits per heavy atom. The van der Waals surface area contributed by atoms with E-state index in [-0.39, 0.29) is 0 Å². The summed E-state index contributed by atoms with van der Waals surface area (Å²) >= 11 is 0. The third-order valence-corrected chi connectivity index (χ3v) is 2.86. The van der Waals surface area contributed by atoms with Crippen LogP contribution in [-0.4, -0.2) is 39.0 Å². The van der Waals surface area contributed by atoms with Gasteiger partial charge in [-0.05, 0) is 32.0 Å². The van der Waals surface area contributed by atoms with Crippen LogP contribution in [0.2, 0.25) is 0 Å². The highest BCUT2D eigenvalue weighted by Crippen LogP contribution is 2.26. The number of hydrogen-bond donors (Lipinski definition) is 1. The van der Waals surface area contributed by atoms with Crippen LogP contribution in [0.5, 0.6) is 11.5 Å². The number of hydrogen-bond acceptors (Lipinski definition) is 4. The zero-order valence-electron chi connectivity index (χ0n) is 10.9. The first-order valence-electron chi connectivity index (χ1n) is 6.57. The Balaban J connectivity index is 1.72. The summed E-state index contributed by atoms with van der Waals surface area (Å²) in [6, 6.07) is 7.72. The van der Waals surface area contributed by atoms with Crippen molar-refractivity contribution >= 4 is 0 Å². The van der Waals surface area contributed by atoms with Crippen LogP contribution in [0.25, 0.3) is 0 Å². The van der Waals surface area contributed by atoms with E-state index in [4.69, 9.17) is 14.2 Å². The SMILES string of the molecule is CCOc1ccccc1OCCOC1CCNC1. The van der Waals surface area contributed by atoms with Gasteiger partial charge in [-0.15, -0.1) is 0 Å². The molecule has 0 aromatic heterocycles. The van der Waals surface area contributed by atoms with Crippen molar-refractivity contribution in [1.29, 1.82) is 0 Å². The molecule has 18 heavy (non-hydrogen) atoms. The number of benzene rings is 1. The van der Waals surface area contributed by atoms with Crippen molar-refractivity contribution in [2.75, 3.05) is 32.9 Å². The van der Waals surface area contributed by atoms with E-state index in [1.54, 1.807) is 0 Å². The van der Waals surface area contributed by atoms with Gasteiger partial charge in [0.2, 0.25) is 0 Å². The molecule has 0 spiro atoms. The van der Waals surface area contributed by atoms with Gasteiger partial charge in [-0.1, -0.05) is 12.1 Å². The Labute approximate surface area is 108 Å². The van der Waals surface area contributed by atoms with E-state index in [9.17, 15) is 0 Å². The van der Waals surface area contributed by atoms with Crippen LogP contribution in [0.4, 0.5) is 0 Å². The maximum absolute atomic E-state index is 5.70. The summed E-state index contributed by atoms with van der Waals surface area (Å²) in [5.41, 5.74) is 0. The molecule has 1 fully saturated rings.